The summed E-state index contributed by atoms with van der Waals surface area (Å²) in [7, 11) is 0. The minimum absolute atomic E-state index is 0.238. The van der Waals surface area contributed by atoms with E-state index < -0.39 is 124 Å². The molecule has 0 spiro atoms. The second-order valence-corrected chi connectivity index (χ2v) is 26.4. The number of rotatable bonds is 57. The van der Waals surface area contributed by atoms with Gasteiger partial charge in [0.15, 0.2) is 18.9 Å². The highest BCUT2D eigenvalue weighted by Crippen LogP contribution is 2.33. The summed E-state index contributed by atoms with van der Waals surface area (Å²) in [5.74, 6) is -0.238. The quantitative estimate of drug-likeness (QED) is 0.0199. The second-order valence-electron chi connectivity index (χ2n) is 26.4. The van der Waals surface area contributed by atoms with E-state index in [0.29, 0.717) is 12.8 Å². The number of hydrogen-bond donors (Lipinski definition) is 12. The summed E-state index contributed by atoms with van der Waals surface area (Å²) in [6.45, 7) is 1.81. The van der Waals surface area contributed by atoms with Crippen LogP contribution in [-0.2, 0) is 33.2 Å². The van der Waals surface area contributed by atoms with Crippen LogP contribution >= 0.6 is 0 Å². The summed E-state index contributed by atoms with van der Waals surface area (Å²) >= 11 is 0. The summed E-state index contributed by atoms with van der Waals surface area (Å²) in [6, 6.07) is -0.884. The molecule has 3 aliphatic heterocycles. The summed E-state index contributed by atoms with van der Waals surface area (Å²) in [4.78, 5) is 13.4. The van der Waals surface area contributed by atoms with Crippen LogP contribution in [-0.4, -0.2) is 193 Å². The standard InChI is InChI=1S/C71H133NO18/c1-3-5-7-9-11-13-15-17-19-20-21-22-23-24-25-26-27-28-29-30-31-32-33-34-35-37-39-41-43-45-47-49-59(77)72-54(55(76)48-46-44-42-40-38-36-18-16-14-12-10-8-6-4-2)53-85-69-65(83)62(80)67(57(51-74)87-69)90-71-66(84)63(81)68(58(52-75)88-71)89-70-64(82)61(79)60(78)56(50-73)86-70/h15,17,20-21,54-58,60-71,73-76,78-84H,3-14,16,18-19,22-53H2,1-2H3,(H,72,77)/b17-15-,21-20-. The zero-order chi connectivity index (χ0) is 65.4. The van der Waals surface area contributed by atoms with E-state index in [0.717, 1.165) is 51.4 Å². The van der Waals surface area contributed by atoms with E-state index in [-0.39, 0.29) is 18.9 Å². The van der Waals surface area contributed by atoms with Crippen LogP contribution in [0.4, 0.5) is 0 Å². The molecule has 0 aromatic carbocycles. The molecule has 12 N–H and O–H groups in total. The van der Waals surface area contributed by atoms with Gasteiger partial charge in [-0.1, -0.05) is 263 Å². The molecule has 0 aromatic heterocycles. The van der Waals surface area contributed by atoms with Crippen molar-refractivity contribution in [2.45, 2.75) is 394 Å². The molecule has 17 unspecified atom stereocenters. The van der Waals surface area contributed by atoms with Crippen LogP contribution in [0.25, 0.3) is 0 Å². The molecular formula is C71H133NO18. The molecule has 0 saturated carbocycles. The van der Waals surface area contributed by atoms with E-state index in [9.17, 15) is 61.0 Å². The molecule has 0 bridgehead atoms. The lowest BCUT2D eigenvalue weighted by Crippen LogP contribution is -2.66. The highest BCUT2D eigenvalue weighted by atomic mass is 16.8. The maximum Gasteiger partial charge on any atom is 0.220 e. The van der Waals surface area contributed by atoms with Crippen molar-refractivity contribution in [1.29, 1.82) is 0 Å². The van der Waals surface area contributed by atoms with Gasteiger partial charge in [-0.15, -0.1) is 0 Å². The average Bonchev–Trinajstić information content (AvgIpc) is 0.908. The number of carbonyl (C=O) groups excluding carboxylic acids is 1. The Labute approximate surface area is 543 Å². The number of nitrogens with one attached hydrogen (secondary N) is 1. The SMILES string of the molecule is CCCCCCC/C=C\C/C=C\CCCCCCCCCCCCCCCCCCCCCC(=O)NC(COC1OC(CO)C(OC2OC(CO)C(OC3OC(CO)C(O)C(O)C3O)C(O)C2O)C(O)C1O)C(O)CCCCCCCCCCCCCCCC. The molecule has 0 aromatic rings. The molecule has 530 valence electrons. The largest absolute Gasteiger partial charge is 0.394 e. The van der Waals surface area contributed by atoms with Gasteiger partial charge in [0, 0.05) is 6.42 Å². The van der Waals surface area contributed by atoms with Crippen LogP contribution in [0.3, 0.4) is 0 Å². The first-order valence-electron chi connectivity index (χ1n) is 36.6. The van der Waals surface area contributed by atoms with Crippen molar-refractivity contribution < 1.29 is 89.4 Å². The minimum Gasteiger partial charge on any atom is -0.394 e. The smallest absolute Gasteiger partial charge is 0.220 e. The van der Waals surface area contributed by atoms with Crippen molar-refractivity contribution in [1.82, 2.24) is 5.32 Å². The van der Waals surface area contributed by atoms with Crippen LogP contribution in [0.2, 0.25) is 0 Å². The van der Waals surface area contributed by atoms with E-state index >= 15 is 0 Å². The topological polar surface area (TPSA) is 307 Å². The fraction of sp³-hybridized carbons (Fsp3) is 0.930. The lowest BCUT2D eigenvalue weighted by molar-refractivity contribution is -0.379. The molecule has 0 radical (unpaired) electrons. The van der Waals surface area contributed by atoms with Crippen molar-refractivity contribution in [3.63, 3.8) is 0 Å². The number of allylic oxidation sites excluding steroid dienone is 4. The molecule has 3 fully saturated rings. The molecular weight excluding hydrogens is 1150 g/mol. The van der Waals surface area contributed by atoms with E-state index in [4.69, 9.17) is 28.4 Å². The van der Waals surface area contributed by atoms with E-state index in [1.807, 2.05) is 0 Å². The number of amides is 1. The van der Waals surface area contributed by atoms with Crippen LogP contribution in [0.1, 0.15) is 290 Å². The molecule has 0 aliphatic carbocycles. The molecule has 1 amide bonds. The van der Waals surface area contributed by atoms with Gasteiger partial charge < -0.3 is 89.9 Å². The highest BCUT2D eigenvalue weighted by molar-refractivity contribution is 5.76. The molecule has 3 saturated heterocycles. The van der Waals surface area contributed by atoms with Gasteiger partial charge in [0.1, 0.15) is 73.2 Å². The molecule has 3 rings (SSSR count). The van der Waals surface area contributed by atoms with Gasteiger partial charge >= 0.3 is 0 Å². The number of carbonyl (C=O) groups is 1. The first-order chi connectivity index (χ1) is 43.8. The molecule has 19 heteroatoms. The Balaban J connectivity index is 1.35. The van der Waals surface area contributed by atoms with Gasteiger partial charge in [-0.2, -0.15) is 0 Å². The maximum absolute atomic E-state index is 13.4. The van der Waals surface area contributed by atoms with Crippen LogP contribution in [0.15, 0.2) is 24.3 Å². The zero-order valence-corrected chi connectivity index (χ0v) is 56.1. The predicted octanol–water partition coefficient (Wildman–Crippen LogP) is 10.2. The van der Waals surface area contributed by atoms with Crippen molar-refractivity contribution >= 4 is 5.91 Å². The fourth-order valence-electron chi connectivity index (χ4n) is 12.6. The normalized spacial score (nSPS) is 28.1. The van der Waals surface area contributed by atoms with Crippen molar-refractivity contribution in [3.05, 3.63) is 24.3 Å². The number of unbranched alkanes of at least 4 members (excludes halogenated alkanes) is 37. The van der Waals surface area contributed by atoms with Gasteiger partial charge in [-0.25, -0.2) is 0 Å². The third-order valence-corrected chi connectivity index (χ3v) is 18.5. The molecule has 3 aliphatic rings. The van der Waals surface area contributed by atoms with Crippen molar-refractivity contribution in [2.75, 3.05) is 26.4 Å². The highest BCUT2D eigenvalue weighted by Gasteiger charge is 2.53. The van der Waals surface area contributed by atoms with Crippen molar-refractivity contribution in [2.24, 2.45) is 0 Å². The first-order valence-corrected chi connectivity index (χ1v) is 36.6. The Bertz CT molecular complexity index is 1730. The summed E-state index contributed by atoms with van der Waals surface area (Å²) < 4.78 is 34.4. The van der Waals surface area contributed by atoms with Crippen LogP contribution in [0, 0.1) is 0 Å². The Morgan fingerprint density at radius 1 is 0.400 bits per heavy atom. The van der Waals surface area contributed by atoms with Gasteiger partial charge in [0.25, 0.3) is 0 Å². The number of hydrogen-bond acceptors (Lipinski definition) is 18. The lowest BCUT2D eigenvalue weighted by Gasteiger charge is -2.48. The maximum atomic E-state index is 13.4. The van der Waals surface area contributed by atoms with Crippen molar-refractivity contribution in [3.8, 4) is 0 Å². The minimum atomic E-state index is -1.97. The van der Waals surface area contributed by atoms with Gasteiger partial charge in [0.05, 0.1) is 38.6 Å². The van der Waals surface area contributed by atoms with E-state index in [1.54, 1.807) is 0 Å². The average molecular weight is 1290 g/mol. The second kappa shape index (κ2) is 53.4. The summed E-state index contributed by atoms with van der Waals surface area (Å²) in [5, 5.41) is 121. The Morgan fingerprint density at radius 3 is 1.13 bits per heavy atom. The van der Waals surface area contributed by atoms with Gasteiger partial charge in [-0.05, 0) is 44.9 Å². The first kappa shape index (κ1) is 82.5. The Hall–Kier alpha value is -1.73. The third kappa shape index (κ3) is 34.8. The monoisotopic (exact) mass is 1290 g/mol. The fourth-order valence-corrected chi connectivity index (χ4v) is 12.6. The number of aliphatic hydroxyl groups excluding tert-OH is 11. The predicted molar refractivity (Wildman–Crippen MR) is 351 cm³/mol. The molecule has 90 heavy (non-hydrogen) atoms. The lowest BCUT2D eigenvalue weighted by atomic mass is 9.96. The van der Waals surface area contributed by atoms with Gasteiger partial charge in [0.2, 0.25) is 5.91 Å². The Kier molecular flexibility index (Phi) is 49.0. The van der Waals surface area contributed by atoms with Crippen LogP contribution in [0.5, 0.6) is 0 Å². The molecule has 19 nitrogen and oxygen atoms in total. The van der Waals surface area contributed by atoms with Gasteiger partial charge in [-0.3, -0.25) is 4.79 Å². The summed E-state index contributed by atoms with van der Waals surface area (Å²) in [6.07, 6.45) is 34.1. The van der Waals surface area contributed by atoms with E-state index in [1.165, 1.54) is 205 Å². The number of aliphatic hydroxyl groups is 11. The molecule has 3 heterocycles. The summed E-state index contributed by atoms with van der Waals surface area (Å²) in [5.41, 5.74) is 0. The number of ether oxygens (including phenoxy) is 6. The van der Waals surface area contributed by atoms with E-state index in [2.05, 4.69) is 43.5 Å². The molecule has 17 atom stereocenters. The van der Waals surface area contributed by atoms with Crippen LogP contribution < -0.4 is 5.32 Å². The third-order valence-electron chi connectivity index (χ3n) is 18.5. The Morgan fingerprint density at radius 2 is 0.733 bits per heavy atom. The zero-order valence-electron chi connectivity index (χ0n) is 56.1.